The van der Waals surface area contributed by atoms with Crippen molar-refractivity contribution in [1.82, 2.24) is 10.6 Å². The normalized spacial score (nSPS) is 12.5. The third-order valence-corrected chi connectivity index (χ3v) is 3.66. The van der Waals surface area contributed by atoms with E-state index in [2.05, 4.69) is 42.1 Å². The fraction of sp³-hybridized carbons (Fsp3) is 0.500. The molecule has 0 saturated heterocycles. The lowest BCUT2D eigenvalue weighted by atomic mass is 10.1. The molecule has 1 rings (SSSR count). The van der Waals surface area contributed by atoms with E-state index in [4.69, 9.17) is 9.47 Å². The summed E-state index contributed by atoms with van der Waals surface area (Å²) < 4.78 is 10.9. The monoisotopic (exact) mass is 319 g/mol. The molecule has 128 valence electrons. The number of nitrogens with one attached hydrogen (secondary N) is 2. The molecule has 5 nitrogen and oxygen atoms in total. The first-order valence-corrected chi connectivity index (χ1v) is 7.91. The summed E-state index contributed by atoms with van der Waals surface area (Å²) in [7, 11) is 5.08. The van der Waals surface area contributed by atoms with Gasteiger partial charge in [-0.25, -0.2) is 0 Å². The number of allylic oxidation sites excluding steroid dienone is 1. The lowest BCUT2D eigenvalue weighted by Gasteiger charge is -2.18. The Labute approximate surface area is 139 Å². The highest BCUT2D eigenvalue weighted by Crippen LogP contribution is 2.33. The third-order valence-electron chi connectivity index (χ3n) is 3.66. The van der Waals surface area contributed by atoms with Gasteiger partial charge in [0.1, 0.15) is 0 Å². The van der Waals surface area contributed by atoms with Crippen LogP contribution in [0.15, 0.2) is 29.8 Å². The zero-order valence-electron chi connectivity index (χ0n) is 14.9. The predicted octanol–water partition coefficient (Wildman–Crippen LogP) is 2.90. The average molecular weight is 319 g/mol. The van der Waals surface area contributed by atoms with Crippen LogP contribution in [0, 0.1) is 0 Å². The van der Waals surface area contributed by atoms with E-state index in [9.17, 15) is 0 Å². The minimum Gasteiger partial charge on any atom is -0.493 e. The zero-order valence-corrected chi connectivity index (χ0v) is 14.9. The molecule has 23 heavy (non-hydrogen) atoms. The molecule has 0 radical (unpaired) electrons. The van der Waals surface area contributed by atoms with Gasteiger partial charge >= 0.3 is 0 Å². The van der Waals surface area contributed by atoms with Crippen molar-refractivity contribution >= 4 is 5.96 Å². The fourth-order valence-electron chi connectivity index (χ4n) is 2.23. The van der Waals surface area contributed by atoms with Crippen LogP contribution < -0.4 is 20.1 Å². The van der Waals surface area contributed by atoms with Crippen LogP contribution in [0.5, 0.6) is 11.5 Å². The minimum absolute atomic E-state index is 0.378. The van der Waals surface area contributed by atoms with Crippen molar-refractivity contribution in [3.05, 3.63) is 35.9 Å². The lowest BCUT2D eigenvalue weighted by Crippen LogP contribution is -2.41. The van der Waals surface area contributed by atoms with Crippen molar-refractivity contribution in [1.29, 1.82) is 0 Å². The van der Waals surface area contributed by atoms with E-state index in [1.165, 1.54) is 0 Å². The van der Waals surface area contributed by atoms with Crippen LogP contribution in [-0.4, -0.2) is 33.3 Å². The Kier molecular flexibility index (Phi) is 8.02. The second-order valence-electron chi connectivity index (χ2n) is 5.36. The van der Waals surface area contributed by atoms with E-state index in [1.807, 2.05) is 12.1 Å². The molecule has 0 heterocycles. The number of ether oxygens (including phenoxy) is 2. The number of benzene rings is 1. The van der Waals surface area contributed by atoms with E-state index in [0.717, 1.165) is 41.4 Å². The summed E-state index contributed by atoms with van der Waals surface area (Å²) in [5.41, 5.74) is 2.16. The molecule has 0 spiro atoms. The molecule has 1 atom stereocenters. The van der Waals surface area contributed by atoms with Gasteiger partial charge in [-0.2, -0.15) is 0 Å². The molecule has 5 heteroatoms. The predicted molar refractivity (Wildman–Crippen MR) is 96.5 cm³/mol. The number of methoxy groups -OCH3 is 2. The second-order valence-corrected chi connectivity index (χ2v) is 5.36. The smallest absolute Gasteiger partial charge is 0.191 e. The van der Waals surface area contributed by atoms with Gasteiger partial charge in [0, 0.05) is 25.2 Å². The molecule has 0 aliphatic heterocycles. The fourth-order valence-corrected chi connectivity index (χ4v) is 2.23. The van der Waals surface area contributed by atoms with Crippen molar-refractivity contribution in [2.45, 2.75) is 39.3 Å². The van der Waals surface area contributed by atoms with Crippen molar-refractivity contribution in [3.63, 3.8) is 0 Å². The molecule has 0 bridgehead atoms. The Balaban J connectivity index is 2.91. The largest absolute Gasteiger partial charge is 0.493 e. The Morgan fingerprint density at radius 1 is 1.35 bits per heavy atom. The van der Waals surface area contributed by atoms with E-state index in [0.29, 0.717) is 12.6 Å². The maximum Gasteiger partial charge on any atom is 0.191 e. The van der Waals surface area contributed by atoms with Gasteiger partial charge in [-0.05, 0) is 37.5 Å². The Bertz CT molecular complexity index is 541. The highest BCUT2D eigenvalue weighted by molar-refractivity contribution is 5.79. The van der Waals surface area contributed by atoms with Gasteiger partial charge in [0.15, 0.2) is 17.5 Å². The van der Waals surface area contributed by atoms with Gasteiger partial charge in [-0.3, -0.25) is 4.99 Å². The van der Waals surface area contributed by atoms with E-state index < -0.39 is 0 Å². The van der Waals surface area contributed by atoms with Crippen molar-refractivity contribution in [2.75, 3.05) is 21.3 Å². The van der Waals surface area contributed by atoms with Crippen LogP contribution in [0.3, 0.4) is 0 Å². The first-order chi connectivity index (χ1) is 11.1. The molecular formula is C18H29N3O2. The highest BCUT2D eigenvalue weighted by atomic mass is 16.5. The number of hydrogen-bond acceptors (Lipinski definition) is 3. The maximum atomic E-state index is 5.46. The summed E-state index contributed by atoms with van der Waals surface area (Å²) in [5, 5.41) is 6.67. The topological polar surface area (TPSA) is 54.9 Å². The molecule has 2 N–H and O–H groups in total. The van der Waals surface area contributed by atoms with Gasteiger partial charge in [0.05, 0.1) is 14.2 Å². The van der Waals surface area contributed by atoms with Gasteiger partial charge in [0.25, 0.3) is 0 Å². The maximum absolute atomic E-state index is 5.46. The van der Waals surface area contributed by atoms with Gasteiger partial charge in [-0.1, -0.05) is 13.0 Å². The third kappa shape index (κ3) is 5.51. The van der Waals surface area contributed by atoms with Crippen LogP contribution in [0.2, 0.25) is 0 Å². The molecule has 0 aliphatic carbocycles. The molecular weight excluding hydrogens is 290 g/mol. The molecule has 0 fully saturated rings. The zero-order chi connectivity index (χ0) is 17.2. The Morgan fingerprint density at radius 2 is 2.09 bits per heavy atom. The van der Waals surface area contributed by atoms with Gasteiger partial charge in [0.2, 0.25) is 0 Å². The number of guanidine groups is 1. The number of rotatable bonds is 8. The molecule has 1 unspecified atom stereocenters. The lowest BCUT2D eigenvalue weighted by molar-refractivity contribution is 0.352. The Morgan fingerprint density at radius 3 is 2.61 bits per heavy atom. The van der Waals surface area contributed by atoms with Crippen molar-refractivity contribution < 1.29 is 9.47 Å². The molecule has 0 aromatic heterocycles. The first kappa shape index (κ1) is 18.9. The minimum atomic E-state index is 0.378. The highest BCUT2D eigenvalue weighted by Gasteiger charge is 2.12. The van der Waals surface area contributed by atoms with Crippen LogP contribution in [0.1, 0.15) is 31.4 Å². The number of nitrogens with zero attached hydrogens (tertiary/aromatic N) is 1. The second kappa shape index (κ2) is 9.77. The number of aliphatic imine (C=N–C) groups is 1. The SMILES string of the molecule is C=CCc1cc(CNC(=NC)NC(C)CC)cc(OC)c1OC. The molecule has 0 saturated carbocycles. The Hall–Kier alpha value is -2.17. The summed E-state index contributed by atoms with van der Waals surface area (Å²) in [4.78, 5) is 4.25. The van der Waals surface area contributed by atoms with Gasteiger partial charge < -0.3 is 20.1 Å². The summed E-state index contributed by atoms with van der Waals surface area (Å²) in [6, 6.07) is 4.46. The average Bonchev–Trinajstić information content (AvgIpc) is 2.57. The van der Waals surface area contributed by atoms with Crippen LogP contribution in [0.25, 0.3) is 0 Å². The summed E-state index contributed by atoms with van der Waals surface area (Å²) in [5.74, 6) is 2.28. The van der Waals surface area contributed by atoms with Crippen LogP contribution in [0.4, 0.5) is 0 Å². The van der Waals surface area contributed by atoms with Crippen molar-refractivity contribution in [3.8, 4) is 11.5 Å². The molecule has 0 aliphatic rings. The molecule has 1 aromatic carbocycles. The van der Waals surface area contributed by atoms with Crippen LogP contribution in [-0.2, 0) is 13.0 Å². The number of hydrogen-bond donors (Lipinski definition) is 2. The standard InChI is InChI=1S/C18H29N3O2/c1-7-9-15-10-14(11-16(22-5)17(15)23-6)12-20-18(19-4)21-13(3)8-2/h7,10-11,13H,1,8-9,12H2,2-6H3,(H2,19,20,21). The molecule has 0 amide bonds. The van der Waals surface area contributed by atoms with Gasteiger partial charge in [-0.15, -0.1) is 6.58 Å². The summed E-state index contributed by atoms with van der Waals surface area (Å²) in [6.07, 6.45) is 3.63. The summed E-state index contributed by atoms with van der Waals surface area (Å²) in [6.45, 7) is 8.73. The van der Waals surface area contributed by atoms with Crippen LogP contribution >= 0.6 is 0 Å². The van der Waals surface area contributed by atoms with E-state index in [1.54, 1.807) is 21.3 Å². The van der Waals surface area contributed by atoms with E-state index >= 15 is 0 Å². The quantitative estimate of drug-likeness (QED) is 0.439. The summed E-state index contributed by atoms with van der Waals surface area (Å²) >= 11 is 0. The van der Waals surface area contributed by atoms with E-state index in [-0.39, 0.29) is 0 Å². The van der Waals surface area contributed by atoms with Crippen molar-refractivity contribution in [2.24, 2.45) is 4.99 Å². The first-order valence-electron chi connectivity index (χ1n) is 7.91. The molecule has 1 aromatic rings.